The molecule has 1 rings (SSSR count). The molecule has 0 spiro atoms. The number of benzene rings is 1. The Labute approximate surface area is 151 Å². The number of hydrogen-bond acceptors (Lipinski definition) is 3. The molecule has 3 heteroatoms. The van der Waals surface area contributed by atoms with Crippen molar-refractivity contribution in [3.63, 3.8) is 0 Å². The van der Waals surface area contributed by atoms with Gasteiger partial charge in [-0.15, -0.1) is 0 Å². The maximum atomic E-state index is 7.77. The van der Waals surface area contributed by atoms with E-state index in [1.807, 2.05) is 32.1 Å². The molecule has 0 fully saturated rings. The topological polar surface area (TPSA) is 42.3 Å². The minimum absolute atomic E-state index is 0.434. The van der Waals surface area contributed by atoms with Crippen molar-refractivity contribution >= 4 is 16.9 Å². The number of nitrogens with one attached hydrogen (secondary N) is 1. The molecule has 0 aromatic heterocycles. The van der Waals surface area contributed by atoms with Crippen molar-refractivity contribution in [3.8, 4) is 0 Å². The summed E-state index contributed by atoms with van der Waals surface area (Å²) in [5, 5.41) is 7.77. The Kier molecular flexibility index (Phi) is 7.67. The molecule has 0 bridgehead atoms. The highest BCUT2D eigenvalue weighted by Crippen LogP contribution is 2.27. The lowest BCUT2D eigenvalue weighted by Gasteiger charge is -2.12. The van der Waals surface area contributed by atoms with Crippen molar-refractivity contribution in [2.75, 3.05) is 14.2 Å². The molecule has 0 unspecified atom stereocenters. The van der Waals surface area contributed by atoms with Gasteiger partial charge in [0.05, 0.1) is 20.5 Å². The average Bonchev–Trinajstić information content (AvgIpc) is 2.59. The van der Waals surface area contributed by atoms with Crippen LogP contribution >= 0.6 is 0 Å². The van der Waals surface area contributed by atoms with E-state index in [-0.39, 0.29) is 0 Å². The molecule has 1 N–H and O–H groups in total. The third-order valence-corrected chi connectivity index (χ3v) is 3.93. The number of ether oxygens (including phenoxy) is 2. The largest absolute Gasteiger partial charge is 0.504 e. The van der Waals surface area contributed by atoms with Crippen molar-refractivity contribution in [1.29, 1.82) is 5.41 Å². The van der Waals surface area contributed by atoms with Gasteiger partial charge in [0, 0.05) is 16.9 Å². The summed E-state index contributed by atoms with van der Waals surface area (Å²) in [6, 6.07) is 6.19. The molecule has 0 radical (unpaired) electrons. The van der Waals surface area contributed by atoms with E-state index in [1.54, 1.807) is 33.5 Å². The van der Waals surface area contributed by atoms with E-state index in [4.69, 9.17) is 14.9 Å². The average molecular weight is 337 g/mol. The van der Waals surface area contributed by atoms with Crippen LogP contribution in [0.3, 0.4) is 0 Å². The van der Waals surface area contributed by atoms with Gasteiger partial charge in [0.1, 0.15) is 5.76 Å². The zero-order chi connectivity index (χ0) is 19.0. The Balaban J connectivity index is 3.27. The van der Waals surface area contributed by atoms with Crippen LogP contribution in [0, 0.1) is 12.3 Å². The fourth-order valence-electron chi connectivity index (χ4n) is 2.37. The summed E-state index contributed by atoms with van der Waals surface area (Å²) < 4.78 is 10.4. The summed E-state index contributed by atoms with van der Waals surface area (Å²) >= 11 is 0. The zero-order valence-electron chi connectivity index (χ0n) is 15.8. The second-order valence-corrected chi connectivity index (χ2v) is 5.70. The summed E-state index contributed by atoms with van der Waals surface area (Å²) in [6.07, 6.45) is 7.08. The number of hydrogen-bond donors (Lipinski definition) is 1. The summed E-state index contributed by atoms with van der Waals surface area (Å²) in [5.74, 6) is 0.815. The molecule has 0 amide bonds. The maximum absolute atomic E-state index is 7.77. The van der Waals surface area contributed by atoms with Gasteiger partial charge in [-0.05, 0) is 55.2 Å². The molecule has 0 aliphatic rings. The first-order chi connectivity index (χ1) is 11.8. The summed E-state index contributed by atoms with van der Waals surface area (Å²) in [5.41, 5.74) is 6.15. The van der Waals surface area contributed by atoms with E-state index >= 15 is 0 Å². The monoisotopic (exact) mass is 337 g/mol. The van der Waals surface area contributed by atoms with E-state index in [2.05, 4.69) is 25.3 Å². The second kappa shape index (κ2) is 9.48. The smallest absolute Gasteiger partial charge is 0.100 e. The zero-order valence-corrected chi connectivity index (χ0v) is 15.8. The number of methoxy groups -OCH3 is 2. The van der Waals surface area contributed by atoms with Crippen LogP contribution in [-0.4, -0.2) is 19.9 Å². The third kappa shape index (κ3) is 5.35. The molecule has 0 aliphatic heterocycles. The number of aryl methyl sites for hydroxylation is 1. The molecule has 0 saturated heterocycles. The first-order valence-corrected chi connectivity index (χ1v) is 7.99. The van der Waals surface area contributed by atoms with Crippen molar-refractivity contribution in [2.45, 2.75) is 20.8 Å². The van der Waals surface area contributed by atoms with Gasteiger partial charge >= 0.3 is 0 Å². The van der Waals surface area contributed by atoms with Gasteiger partial charge in [-0.25, -0.2) is 0 Å². The van der Waals surface area contributed by atoms with E-state index in [1.165, 1.54) is 0 Å². The van der Waals surface area contributed by atoms with Gasteiger partial charge in [0.2, 0.25) is 0 Å². The number of allylic oxidation sites excluding steroid dienone is 7. The molecular weight excluding hydrogens is 310 g/mol. The van der Waals surface area contributed by atoms with Crippen LogP contribution in [-0.2, 0) is 9.47 Å². The predicted molar refractivity (Wildman–Crippen MR) is 108 cm³/mol. The highest BCUT2D eigenvalue weighted by atomic mass is 16.5. The van der Waals surface area contributed by atoms with Crippen LogP contribution in [0.4, 0.5) is 0 Å². The summed E-state index contributed by atoms with van der Waals surface area (Å²) in [7, 11) is 3.22. The van der Waals surface area contributed by atoms with E-state index in [0.29, 0.717) is 11.3 Å². The molecule has 0 heterocycles. The van der Waals surface area contributed by atoms with Crippen molar-refractivity contribution in [1.82, 2.24) is 0 Å². The van der Waals surface area contributed by atoms with Crippen LogP contribution in [0.25, 0.3) is 11.1 Å². The van der Waals surface area contributed by atoms with Gasteiger partial charge in [0.25, 0.3) is 0 Å². The SMILES string of the molecule is C=C/C(=C(\C)OC)c1ccc(C)c(C(=C)/C=C/C(=COC)C(C)=N)c1. The van der Waals surface area contributed by atoms with Gasteiger partial charge in [-0.2, -0.15) is 0 Å². The Morgan fingerprint density at radius 2 is 1.84 bits per heavy atom. The maximum Gasteiger partial charge on any atom is 0.100 e. The summed E-state index contributed by atoms with van der Waals surface area (Å²) in [4.78, 5) is 0. The van der Waals surface area contributed by atoms with E-state index in [0.717, 1.165) is 33.6 Å². The first-order valence-electron chi connectivity index (χ1n) is 7.99. The van der Waals surface area contributed by atoms with Gasteiger partial charge in [0.15, 0.2) is 0 Å². The Morgan fingerprint density at radius 3 is 2.36 bits per heavy atom. The third-order valence-electron chi connectivity index (χ3n) is 3.93. The molecule has 132 valence electrons. The minimum atomic E-state index is 0.434. The van der Waals surface area contributed by atoms with Crippen LogP contribution in [0.15, 0.2) is 67.2 Å². The van der Waals surface area contributed by atoms with Crippen LogP contribution in [0.1, 0.15) is 30.5 Å². The molecule has 0 aliphatic carbocycles. The first kappa shape index (κ1) is 20.2. The van der Waals surface area contributed by atoms with Crippen molar-refractivity contribution in [2.24, 2.45) is 0 Å². The van der Waals surface area contributed by atoms with Crippen LogP contribution in [0.5, 0.6) is 0 Å². The molecule has 3 nitrogen and oxygen atoms in total. The highest BCUT2D eigenvalue weighted by molar-refractivity contribution is 5.98. The van der Waals surface area contributed by atoms with Gasteiger partial charge in [-0.3, -0.25) is 0 Å². The fourth-order valence-corrected chi connectivity index (χ4v) is 2.37. The Hall–Kier alpha value is -2.81. The lowest BCUT2D eigenvalue weighted by molar-refractivity contribution is 0.296. The van der Waals surface area contributed by atoms with Gasteiger partial charge < -0.3 is 14.9 Å². The van der Waals surface area contributed by atoms with Gasteiger partial charge in [-0.1, -0.05) is 37.4 Å². The molecular formula is C22H27NO2. The minimum Gasteiger partial charge on any atom is -0.504 e. The molecule has 1 aromatic rings. The highest BCUT2D eigenvalue weighted by Gasteiger charge is 2.08. The normalized spacial score (nSPS) is 12.6. The standard InChI is InChI=1S/C22H27NO2/c1-8-21(18(5)25-7)19-11-9-15(2)22(13-19)16(3)10-12-20(14-24-6)17(4)23/h8-14,23H,1,3H2,2,4-7H3/b12-10+,20-14?,21-18-,23-17?. The fraction of sp³-hybridized carbons (Fsp3) is 0.227. The summed E-state index contributed by atoms with van der Waals surface area (Å²) in [6.45, 7) is 13.7. The van der Waals surface area contributed by atoms with E-state index < -0.39 is 0 Å². The molecule has 25 heavy (non-hydrogen) atoms. The van der Waals surface area contributed by atoms with Crippen LogP contribution < -0.4 is 0 Å². The predicted octanol–water partition coefficient (Wildman–Crippen LogP) is 5.70. The number of rotatable bonds is 8. The molecule has 1 aromatic carbocycles. The van der Waals surface area contributed by atoms with E-state index in [9.17, 15) is 0 Å². The quantitative estimate of drug-likeness (QED) is 0.376. The Morgan fingerprint density at radius 1 is 1.16 bits per heavy atom. The Bertz CT molecular complexity index is 764. The van der Waals surface area contributed by atoms with Crippen molar-refractivity contribution in [3.05, 3.63) is 83.9 Å². The lowest BCUT2D eigenvalue weighted by atomic mass is 9.94. The van der Waals surface area contributed by atoms with Crippen LogP contribution in [0.2, 0.25) is 0 Å². The lowest BCUT2D eigenvalue weighted by Crippen LogP contribution is -1.95. The second-order valence-electron chi connectivity index (χ2n) is 5.70. The van der Waals surface area contributed by atoms with Crippen molar-refractivity contribution < 1.29 is 9.47 Å². The molecule has 0 atom stereocenters. The molecule has 0 saturated carbocycles.